The standard InChI is InChI=1S/C15H21N3O/c1-13-4-3-5-14(12-13)6-7-16-15-17-8-9-18(15)10-11-19-2/h3-5,8-9,12H,6-7,10-11H2,1-2H3,(H,16,17). The number of imidazole rings is 1. The van der Waals surface area contributed by atoms with Gasteiger partial charge in [-0.3, -0.25) is 0 Å². The summed E-state index contributed by atoms with van der Waals surface area (Å²) in [6, 6.07) is 8.60. The molecule has 0 saturated heterocycles. The van der Waals surface area contributed by atoms with Gasteiger partial charge in [0, 0.05) is 32.6 Å². The number of methoxy groups -OCH3 is 1. The summed E-state index contributed by atoms with van der Waals surface area (Å²) in [5.74, 6) is 0.907. The first-order valence-corrected chi connectivity index (χ1v) is 6.59. The molecule has 0 atom stereocenters. The molecule has 0 unspecified atom stereocenters. The molecule has 0 aliphatic carbocycles. The lowest BCUT2D eigenvalue weighted by Crippen LogP contribution is -2.12. The van der Waals surface area contributed by atoms with Gasteiger partial charge in [-0.1, -0.05) is 29.8 Å². The lowest BCUT2D eigenvalue weighted by atomic mass is 10.1. The molecule has 0 amide bonds. The molecule has 4 heteroatoms. The van der Waals surface area contributed by atoms with Crippen LogP contribution in [0.2, 0.25) is 0 Å². The van der Waals surface area contributed by atoms with Crippen LogP contribution in [-0.4, -0.2) is 29.8 Å². The van der Waals surface area contributed by atoms with E-state index in [4.69, 9.17) is 4.74 Å². The van der Waals surface area contributed by atoms with Crippen molar-refractivity contribution in [1.82, 2.24) is 9.55 Å². The van der Waals surface area contributed by atoms with Crippen LogP contribution in [0.5, 0.6) is 0 Å². The summed E-state index contributed by atoms with van der Waals surface area (Å²) in [7, 11) is 1.71. The van der Waals surface area contributed by atoms with Gasteiger partial charge in [0.25, 0.3) is 0 Å². The third-order valence-corrected chi connectivity index (χ3v) is 3.03. The maximum atomic E-state index is 5.08. The zero-order valence-electron chi connectivity index (χ0n) is 11.6. The van der Waals surface area contributed by atoms with Crippen LogP contribution in [0, 0.1) is 6.92 Å². The van der Waals surface area contributed by atoms with Crippen molar-refractivity contribution < 1.29 is 4.74 Å². The van der Waals surface area contributed by atoms with E-state index in [0.29, 0.717) is 6.61 Å². The molecular formula is C15H21N3O. The first-order valence-electron chi connectivity index (χ1n) is 6.59. The molecule has 0 fully saturated rings. The van der Waals surface area contributed by atoms with Gasteiger partial charge in [0.2, 0.25) is 5.95 Å². The minimum atomic E-state index is 0.697. The van der Waals surface area contributed by atoms with Crippen LogP contribution in [0.25, 0.3) is 0 Å². The molecule has 0 spiro atoms. The number of hydrogen-bond acceptors (Lipinski definition) is 3. The quantitative estimate of drug-likeness (QED) is 0.830. The van der Waals surface area contributed by atoms with E-state index in [1.165, 1.54) is 11.1 Å². The van der Waals surface area contributed by atoms with Gasteiger partial charge in [0.15, 0.2) is 0 Å². The summed E-state index contributed by atoms with van der Waals surface area (Å²) >= 11 is 0. The number of benzene rings is 1. The number of ether oxygens (including phenoxy) is 1. The Labute approximate surface area is 114 Å². The smallest absolute Gasteiger partial charge is 0.202 e. The second-order valence-corrected chi connectivity index (χ2v) is 4.60. The Hall–Kier alpha value is -1.81. The molecule has 1 N–H and O–H groups in total. The Morgan fingerprint density at radius 3 is 3.05 bits per heavy atom. The van der Waals surface area contributed by atoms with Gasteiger partial charge in [0.05, 0.1) is 6.61 Å². The summed E-state index contributed by atoms with van der Waals surface area (Å²) in [5.41, 5.74) is 2.65. The highest BCUT2D eigenvalue weighted by Crippen LogP contribution is 2.07. The van der Waals surface area contributed by atoms with Crippen LogP contribution in [0.1, 0.15) is 11.1 Å². The molecule has 19 heavy (non-hydrogen) atoms. The number of hydrogen-bond donors (Lipinski definition) is 1. The Balaban J connectivity index is 1.84. The summed E-state index contributed by atoms with van der Waals surface area (Å²) in [6.45, 7) is 4.52. The molecule has 2 rings (SSSR count). The Morgan fingerprint density at radius 1 is 1.37 bits per heavy atom. The normalized spacial score (nSPS) is 10.6. The summed E-state index contributed by atoms with van der Waals surface area (Å²) < 4.78 is 7.15. The van der Waals surface area contributed by atoms with E-state index < -0.39 is 0 Å². The lowest BCUT2D eigenvalue weighted by Gasteiger charge is -2.09. The molecule has 0 saturated carbocycles. The predicted molar refractivity (Wildman–Crippen MR) is 77.5 cm³/mol. The number of nitrogens with zero attached hydrogens (tertiary/aromatic N) is 2. The molecule has 0 aliphatic rings. The Bertz CT molecular complexity index is 508. The van der Waals surface area contributed by atoms with Crippen molar-refractivity contribution in [2.24, 2.45) is 0 Å². The summed E-state index contributed by atoms with van der Waals surface area (Å²) in [4.78, 5) is 4.31. The minimum Gasteiger partial charge on any atom is -0.383 e. The van der Waals surface area contributed by atoms with Crippen molar-refractivity contribution in [1.29, 1.82) is 0 Å². The van der Waals surface area contributed by atoms with Gasteiger partial charge < -0.3 is 14.6 Å². The maximum absolute atomic E-state index is 5.08. The van der Waals surface area contributed by atoms with E-state index in [1.54, 1.807) is 7.11 Å². The summed E-state index contributed by atoms with van der Waals surface area (Å²) in [6.07, 6.45) is 4.78. The average molecular weight is 259 g/mol. The monoisotopic (exact) mass is 259 g/mol. The van der Waals surface area contributed by atoms with Crippen molar-refractivity contribution in [3.05, 3.63) is 47.8 Å². The summed E-state index contributed by atoms with van der Waals surface area (Å²) in [5, 5.41) is 3.37. The first kappa shape index (κ1) is 13.6. The van der Waals surface area contributed by atoms with Gasteiger partial charge in [-0.05, 0) is 18.9 Å². The zero-order chi connectivity index (χ0) is 13.5. The SMILES string of the molecule is COCCn1ccnc1NCCc1cccc(C)c1. The number of nitrogens with one attached hydrogen (secondary N) is 1. The highest BCUT2D eigenvalue weighted by molar-refractivity contribution is 5.28. The second-order valence-electron chi connectivity index (χ2n) is 4.60. The molecule has 2 aromatic rings. The molecule has 0 aliphatic heterocycles. The third kappa shape index (κ3) is 4.10. The highest BCUT2D eigenvalue weighted by Gasteiger charge is 2.01. The zero-order valence-corrected chi connectivity index (χ0v) is 11.6. The highest BCUT2D eigenvalue weighted by atomic mass is 16.5. The van der Waals surface area contributed by atoms with Gasteiger partial charge in [-0.15, -0.1) is 0 Å². The Morgan fingerprint density at radius 2 is 2.26 bits per heavy atom. The molecule has 0 radical (unpaired) electrons. The maximum Gasteiger partial charge on any atom is 0.202 e. The number of rotatable bonds is 7. The third-order valence-electron chi connectivity index (χ3n) is 3.03. The van der Waals surface area contributed by atoms with E-state index in [-0.39, 0.29) is 0 Å². The van der Waals surface area contributed by atoms with E-state index in [0.717, 1.165) is 25.5 Å². The van der Waals surface area contributed by atoms with Crippen LogP contribution in [0.3, 0.4) is 0 Å². The van der Waals surface area contributed by atoms with Crippen LogP contribution in [-0.2, 0) is 17.7 Å². The van der Waals surface area contributed by atoms with Crippen LogP contribution in [0.15, 0.2) is 36.7 Å². The first-order chi connectivity index (χ1) is 9.29. The van der Waals surface area contributed by atoms with Gasteiger partial charge in [-0.25, -0.2) is 4.98 Å². The van der Waals surface area contributed by atoms with Gasteiger partial charge in [-0.2, -0.15) is 0 Å². The van der Waals surface area contributed by atoms with E-state index in [9.17, 15) is 0 Å². The van der Waals surface area contributed by atoms with Crippen molar-refractivity contribution in [3.8, 4) is 0 Å². The number of anilines is 1. The fourth-order valence-corrected chi connectivity index (χ4v) is 2.03. The largest absolute Gasteiger partial charge is 0.383 e. The fraction of sp³-hybridized carbons (Fsp3) is 0.400. The fourth-order valence-electron chi connectivity index (χ4n) is 2.03. The molecule has 1 heterocycles. The van der Waals surface area contributed by atoms with Crippen molar-refractivity contribution in [2.45, 2.75) is 19.9 Å². The molecule has 0 bridgehead atoms. The second kappa shape index (κ2) is 6.95. The van der Waals surface area contributed by atoms with Gasteiger partial charge >= 0.3 is 0 Å². The molecule has 1 aromatic heterocycles. The van der Waals surface area contributed by atoms with Crippen LogP contribution < -0.4 is 5.32 Å². The predicted octanol–water partition coefficient (Wildman–Crippen LogP) is 2.49. The van der Waals surface area contributed by atoms with E-state index in [1.807, 2.05) is 12.4 Å². The molecular weight excluding hydrogens is 238 g/mol. The topological polar surface area (TPSA) is 39.1 Å². The average Bonchev–Trinajstić information content (AvgIpc) is 2.84. The Kier molecular flexibility index (Phi) is 4.98. The van der Waals surface area contributed by atoms with Crippen molar-refractivity contribution >= 4 is 5.95 Å². The van der Waals surface area contributed by atoms with Crippen molar-refractivity contribution in [3.63, 3.8) is 0 Å². The van der Waals surface area contributed by atoms with E-state index in [2.05, 4.69) is 46.1 Å². The van der Waals surface area contributed by atoms with Gasteiger partial charge in [0.1, 0.15) is 0 Å². The molecule has 1 aromatic carbocycles. The molecule has 4 nitrogen and oxygen atoms in total. The number of aryl methyl sites for hydroxylation is 1. The number of aromatic nitrogens is 2. The lowest BCUT2D eigenvalue weighted by molar-refractivity contribution is 0.187. The molecule has 102 valence electrons. The van der Waals surface area contributed by atoms with Crippen LogP contribution in [0.4, 0.5) is 5.95 Å². The van der Waals surface area contributed by atoms with Crippen molar-refractivity contribution in [2.75, 3.05) is 25.6 Å². The van der Waals surface area contributed by atoms with E-state index >= 15 is 0 Å². The minimum absolute atomic E-state index is 0.697. The van der Waals surface area contributed by atoms with Crippen LogP contribution >= 0.6 is 0 Å².